The lowest BCUT2D eigenvalue weighted by Crippen LogP contribution is -2.42. The van der Waals surface area contributed by atoms with Crippen LogP contribution in [0.4, 0.5) is 4.79 Å². The Kier molecular flexibility index (Phi) is 5.76. The van der Waals surface area contributed by atoms with Gasteiger partial charge in [0.15, 0.2) is 0 Å². The van der Waals surface area contributed by atoms with Crippen LogP contribution in [0, 0.1) is 0 Å². The Hall–Kier alpha value is -1.40. The van der Waals surface area contributed by atoms with Gasteiger partial charge in [-0.05, 0) is 30.2 Å². The number of nitrogens with one attached hydrogen (secondary N) is 3. The molecule has 3 N–H and O–H groups in total. The summed E-state index contributed by atoms with van der Waals surface area (Å²) in [6.45, 7) is 2.27. The molecule has 0 radical (unpaired) electrons. The normalized spacial score (nSPS) is 16.8. The summed E-state index contributed by atoms with van der Waals surface area (Å²) in [6.07, 6.45) is 0.872. The summed E-state index contributed by atoms with van der Waals surface area (Å²) in [5.41, 5.74) is 1.07. The van der Waals surface area contributed by atoms with Crippen LogP contribution in [0.25, 0.3) is 0 Å². The molecule has 2 rings (SSSR count). The van der Waals surface area contributed by atoms with E-state index >= 15 is 0 Å². The molecule has 5 nitrogen and oxygen atoms in total. The number of benzene rings is 1. The van der Waals surface area contributed by atoms with Gasteiger partial charge in [-0.1, -0.05) is 11.6 Å². The van der Waals surface area contributed by atoms with Crippen molar-refractivity contribution in [1.82, 2.24) is 16.0 Å². The highest BCUT2D eigenvalue weighted by molar-refractivity contribution is 7.99. The summed E-state index contributed by atoms with van der Waals surface area (Å²) in [7, 11) is 0. The van der Waals surface area contributed by atoms with Crippen molar-refractivity contribution in [3.05, 3.63) is 28.8 Å². The fourth-order valence-electron chi connectivity index (χ4n) is 2.14. The number of thioether (sulfide) groups is 1. The van der Waals surface area contributed by atoms with Crippen molar-refractivity contribution in [2.24, 2.45) is 0 Å². The molecule has 0 spiro atoms. The highest BCUT2D eigenvalue weighted by Crippen LogP contribution is 2.37. The second-order valence-electron chi connectivity index (χ2n) is 4.76. The Labute approximate surface area is 133 Å². The fourth-order valence-corrected chi connectivity index (χ4v) is 3.43. The van der Waals surface area contributed by atoms with Gasteiger partial charge in [0.05, 0.1) is 6.04 Å². The molecule has 3 amide bonds. The second kappa shape index (κ2) is 7.56. The van der Waals surface area contributed by atoms with Gasteiger partial charge in [0.2, 0.25) is 5.91 Å². The molecule has 114 valence electrons. The third-order valence-corrected chi connectivity index (χ3v) is 4.46. The average Bonchev–Trinajstić information content (AvgIpc) is 2.44. The van der Waals surface area contributed by atoms with E-state index in [1.807, 2.05) is 18.2 Å². The lowest BCUT2D eigenvalue weighted by molar-refractivity contribution is -0.118. The first-order valence-electron chi connectivity index (χ1n) is 6.77. The summed E-state index contributed by atoms with van der Waals surface area (Å²) in [5.74, 6) is 0.857. The fraction of sp³-hybridized carbons (Fsp3) is 0.429. The summed E-state index contributed by atoms with van der Waals surface area (Å²) in [5, 5.41) is 8.98. The Balaban J connectivity index is 1.88. The standard InChI is InChI=1S/C14H18ClN3O2S/c1-9(19)16-5-6-17-14(20)18-12-4-7-21-13-3-2-10(15)8-11(12)13/h2-3,8,12H,4-7H2,1H3,(H,16,19)(H2,17,18,20). The molecule has 7 heteroatoms. The smallest absolute Gasteiger partial charge is 0.315 e. The van der Waals surface area contributed by atoms with Crippen LogP contribution in [0.3, 0.4) is 0 Å². The van der Waals surface area contributed by atoms with Crippen molar-refractivity contribution in [2.45, 2.75) is 24.3 Å². The van der Waals surface area contributed by atoms with Gasteiger partial charge >= 0.3 is 6.03 Å². The zero-order valence-electron chi connectivity index (χ0n) is 11.7. The minimum Gasteiger partial charge on any atom is -0.355 e. The Morgan fingerprint density at radius 2 is 2.10 bits per heavy atom. The molecule has 1 unspecified atom stereocenters. The first kappa shape index (κ1) is 16.0. The largest absolute Gasteiger partial charge is 0.355 e. The lowest BCUT2D eigenvalue weighted by atomic mass is 10.0. The molecular formula is C14H18ClN3O2S. The van der Waals surface area contributed by atoms with E-state index in [1.165, 1.54) is 6.92 Å². The minimum atomic E-state index is -0.233. The van der Waals surface area contributed by atoms with Crippen LogP contribution >= 0.6 is 23.4 Å². The van der Waals surface area contributed by atoms with Crippen LogP contribution in [0.2, 0.25) is 5.02 Å². The average molecular weight is 328 g/mol. The number of urea groups is 1. The van der Waals surface area contributed by atoms with Crippen LogP contribution in [-0.4, -0.2) is 30.8 Å². The third kappa shape index (κ3) is 4.82. The molecule has 1 aliphatic heterocycles. The number of amides is 3. The molecule has 0 fully saturated rings. The van der Waals surface area contributed by atoms with E-state index < -0.39 is 0 Å². The van der Waals surface area contributed by atoms with Crippen LogP contribution in [0.1, 0.15) is 24.9 Å². The lowest BCUT2D eigenvalue weighted by Gasteiger charge is -2.26. The van der Waals surface area contributed by atoms with E-state index in [9.17, 15) is 9.59 Å². The number of carbonyl (C=O) groups excluding carboxylic acids is 2. The molecule has 1 atom stereocenters. The van der Waals surface area contributed by atoms with Crippen molar-refractivity contribution < 1.29 is 9.59 Å². The van der Waals surface area contributed by atoms with Crippen molar-refractivity contribution in [3.8, 4) is 0 Å². The van der Waals surface area contributed by atoms with Crippen molar-refractivity contribution >= 4 is 35.3 Å². The molecular weight excluding hydrogens is 310 g/mol. The molecule has 0 saturated heterocycles. The molecule has 0 aliphatic carbocycles. The molecule has 0 aromatic heterocycles. The topological polar surface area (TPSA) is 70.2 Å². The summed E-state index contributed by atoms with van der Waals surface area (Å²) >= 11 is 7.81. The minimum absolute atomic E-state index is 0.0271. The van der Waals surface area contributed by atoms with Gasteiger partial charge in [-0.25, -0.2) is 4.79 Å². The molecule has 1 aliphatic rings. The molecule has 1 aromatic carbocycles. The summed E-state index contributed by atoms with van der Waals surface area (Å²) < 4.78 is 0. The third-order valence-electron chi connectivity index (χ3n) is 3.10. The van der Waals surface area contributed by atoms with Crippen molar-refractivity contribution in [2.75, 3.05) is 18.8 Å². The first-order chi connectivity index (χ1) is 10.1. The highest BCUT2D eigenvalue weighted by Gasteiger charge is 2.22. The van der Waals surface area contributed by atoms with E-state index in [2.05, 4.69) is 16.0 Å². The Morgan fingerprint density at radius 3 is 2.86 bits per heavy atom. The van der Waals surface area contributed by atoms with Gasteiger partial charge in [-0.15, -0.1) is 11.8 Å². The predicted molar refractivity (Wildman–Crippen MR) is 84.8 cm³/mol. The number of carbonyl (C=O) groups is 2. The SMILES string of the molecule is CC(=O)NCCNC(=O)NC1CCSc2ccc(Cl)cc21. The number of rotatable bonds is 4. The number of fused-ring (bicyclic) bond motifs is 1. The molecule has 21 heavy (non-hydrogen) atoms. The predicted octanol–water partition coefficient (Wildman–Crippen LogP) is 2.31. The summed E-state index contributed by atoms with van der Waals surface area (Å²) in [6, 6.07) is 5.50. The zero-order chi connectivity index (χ0) is 15.2. The first-order valence-corrected chi connectivity index (χ1v) is 8.13. The number of hydrogen-bond donors (Lipinski definition) is 3. The van der Waals surface area contributed by atoms with E-state index in [4.69, 9.17) is 11.6 Å². The maximum Gasteiger partial charge on any atom is 0.315 e. The van der Waals surface area contributed by atoms with Gasteiger partial charge in [0, 0.05) is 35.7 Å². The van der Waals surface area contributed by atoms with Crippen LogP contribution < -0.4 is 16.0 Å². The highest BCUT2D eigenvalue weighted by atomic mass is 35.5. The Morgan fingerprint density at radius 1 is 1.33 bits per heavy atom. The van der Waals surface area contributed by atoms with Crippen LogP contribution in [0.15, 0.2) is 23.1 Å². The van der Waals surface area contributed by atoms with E-state index in [0.717, 1.165) is 22.6 Å². The van der Waals surface area contributed by atoms with Gasteiger partial charge in [0.1, 0.15) is 0 Å². The molecule has 1 aromatic rings. The molecule has 1 heterocycles. The second-order valence-corrected chi connectivity index (χ2v) is 6.33. The van der Waals surface area contributed by atoms with Gasteiger partial charge in [-0.3, -0.25) is 4.79 Å². The van der Waals surface area contributed by atoms with E-state index in [1.54, 1.807) is 11.8 Å². The van der Waals surface area contributed by atoms with E-state index in [-0.39, 0.29) is 18.0 Å². The van der Waals surface area contributed by atoms with Crippen molar-refractivity contribution in [1.29, 1.82) is 0 Å². The maximum absolute atomic E-state index is 11.9. The Bertz CT molecular complexity index is 539. The van der Waals surface area contributed by atoms with Crippen molar-refractivity contribution in [3.63, 3.8) is 0 Å². The molecule has 0 saturated carbocycles. The summed E-state index contributed by atoms with van der Waals surface area (Å²) in [4.78, 5) is 23.8. The monoisotopic (exact) mass is 327 g/mol. The quantitative estimate of drug-likeness (QED) is 0.743. The van der Waals surface area contributed by atoms with Crippen LogP contribution in [0.5, 0.6) is 0 Å². The van der Waals surface area contributed by atoms with Gasteiger partial charge in [-0.2, -0.15) is 0 Å². The maximum atomic E-state index is 11.9. The van der Waals surface area contributed by atoms with E-state index in [0.29, 0.717) is 18.1 Å². The van der Waals surface area contributed by atoms with Crippen LogP contribution in [-0.2, 0) is 4.79 Å². The number of halogens is 1. The number of hydrogen-bond acceptors (Lipinski definition) is 3. The van der Waals surface area contributed by atoms with Gasteiger partial charge < -0.3 is 16.0 Å². The van der Waals surface area contributed by atoms with Gasteiger partial charge in [0.25, 0.3) is 0 Å². The molecule has 0 bridgehead atoms. The zero-order valence-corrected chi connectivity index (χ0v) is 13.3.